The van der Waals surface area contributed by atoms with Gasteiger partial charge in [0.15, 0.2) is 6.29 Å². The SMILES string of the molecule is COc1ccc(Oc2ccc3ccccc3c2)c(C(=O)O)c1.COc1ccc(Oc2ccc3ccccc3c2)c(C=O)c1. The maximum atomic E-state index is 11.4. The van der Waals surface area contributed by atoms with Crippen LogP contribution in [-0.4, -0.2) is 31.6 Å². The molecule has 0 atom stereocenters. The Hall–Kier alpha value is -5.82. The molecular weight excluding hydrogens is 544 g/mol. The molecule has 0 aliphatic rings. The number of benzene rings is 6. The third-order valence-electron chi connectivity index (χ3n) is 6.66. The highest BCUT2D eigenvalue weighted by Crippen LogP contribution is 2.31. The lowest BCUT2D eigenvalue weighted by Gasteiger charge is -2.11. The first-order valence-electron chi connectivity index (χ1n) is 13.4. The third kappa shape index (κ3) is 6.92. The Morgan fingerprint density at radius 1 is 0.558 bits per heavy atom. The Bertz CT molecular complexity index is 1910. The highest BCUT2D eigenvalue weighted by atomic mass is 16.5. The topological polar surface area (TPSA) is 91.3 Å². The summed E-state index contributed by atoms with van der Waals surface area (Å²) in [6.07, 6.45) is 0.763. The second kappa shape index (κ2) is 13.2. The highest BCUT2D eigenvalue weighted by Gasteiger charge is 2.14. The molecule has 43 heavy (non-hydrogen) atoms. The lowest BCUT2D eigenvalue weighted by atomic mass is 10.1. The summed E-state index contributed by atoms with van der Waals surface area (Å²) in [5.74, 6) is 2.12. The molecule has 7 nitrogen and oxygen atoms in total. The normalized spacial score (nSPS) is 10.4. The number of ether oxygens (including phenoxy) is 4. The van der Waals surface area contributed by atoms with Crippen LogP contribution in [0.15, 0.2) is 121 Å². The minimum absolute atomic E-state index is 0.0625. The first kappa shape index (κ1) is 28.7. The van der Waals surface area contributed by atoms with Gasteiger partial charge in [0.1, 0.15) is 40.1 Å². The van der Waals surface area contributed by atoms with E-state index in [1.54, 1.807) is 37.4 Å². The van der Waals surface area contributed by atoms with E-state index in [1.807, 2.05) is 84.9 Å². The molecule has 0 bridgehead atoms. The van der Waals surface area contributed by atoms with Gasteiger partial charge in [0, 0.05) is 0 Å². The zero-order valence-corrected chi connectivity index (χ0v) is 23.5. The number of aldehydes is 1. The predicted octanol–water partition coefficient (Wildman–Crippen LogP) is 8.79. The van der Waals surface area contributed by atoms with Gasteiger partial charge in [-0.25, -0.2) is 4.79 Å². The minimum atomic E-state index is -1.06. The number of carbonyl (C=O) groups excluding carboxylic acids is 1. The number of fused-ring (bicyclic) bond motifs is 2. The Kier molecular flexibility index (Phi) is 8.83. The maximum Gasteiger partial charge on any atom is 0.339 e. The standard InChI is InChI=1S/C18H14O4.C18H14O3/c1-21-14-8-9-17(16(11-14)18(19)20)22-15-7-6-12-4-2-3-5-13(12)10-15;1-20-16-8-9-18(15(11-16)12-19)21-17-7-6-13-4-2-3-5-14(13)10-17/h2-11H,1H3,(H,19,20);2-12H,1H3. The average molecular weight is 573 g/mol. The molecule has 0 aliphatic carbocycles. The molecule has 0 aliphatic heterocycles. The first-order chi connectivity index (χ1) is 21.0. The number of carboxylic acid groups (broad SMARTS) is 1. The molecule has 1 N–H and O–H groups in total. The molecular formula is C36H28O7. The summed E-state index contributed by atoms with van der Waals surface area (Å²) in [6.45, 7) is 0. The van der Waals surface area contributed by atoms with Crippen LogP contribution in [0.2, 0.25) is 0 Å². The van der Waals surface area contributed by atoms with Gasteiger partial charge in [0.25, 0.3) is 0 Å². The lowest BCUT2D eigenvalue weighted by Crippen LogP contribution is -2.00. The molecule has 0 heterocycles. The Morgan fingerprint density at radius 2 is 1.02 bits per heavy atom. The van der Waals surface area contributed by atoms with Crippen molar-refractivity contribution in [3.63, 3.8) is 0 Å². The zero-order chi connectivity index (χ0) is 30.2. The summed E-state index contributed by atoms with van der Waals surface area (Å²) in [7, 11) is 3.05. The van der Waals surface area contributed by atoms with Crippen molar-refractivity contribution in [1.82, 2.24) is 0 Å². The molecule has 6 aromatic carbocycles. The fraction of sp³-hybridized carbons (Fsp3) is 0.0556. The second-order valence-corrected chi connectivity index (χ2v) is 9.41. The monoisotopic (exact) mass is 572 g/mol. The Balaban J connectivity index is 0.000000171. The summed E-state index contributed by atoms with van der Waals surface area (Å²) in [6, 6.07) is 37.3. The van der Waals surface area contributed by atoms with Crippen molar-refractivity contribution >= 4 is 33.8 Å². The maximum absolute atomic E-state index is 11.4. The number of methoxy groups -OCH3 is 2. The first-order valence-corrected chi connectivity index (χ1v) is 13.4. The van der Waals surface area contributed by atoms with Gasteiger partial charge in [-0.2, -0.15) is 0 Å². The van der Waals surface area contributed by atoms with Crippen molar-refractivity contribution in [2.75, 3.05) is 14.2 Å². The number of carboxylic acids is 1. The average Bonchev–Trinajstić information content (AvgIpc) is 3.05. The van der Waals surface area contributed by atoms with E-state index < -0.39 is 5.97 Å². The molecule has 6 aromatic rings. The number of carbonyl (C=O) groups is 2. The van der Waals surface area contributed by atoms with Crippen LogP contribution in [-0.2, 0) is 0 Å². The third-order valence-corrected chi connectivity index (χ3v) is 6.66. The smallest absolute Gasteiger partial charge is 0.339 e. The molecule has 0 amide bonds. The summed E-state index contributed by atoms with van der Waals surface area (Å²) < 4.78 is 21.7. The van der Waals surface area contributed by atoms with Crippen LogP contribution in [0.1, 0.15) is 20.7 Å². The largest absolute Gasteiger partial charge is 0.497 e. The molecule has 0 radical (unpaired) electrons. The van der Waals surface area contributed by atoms with E-state index in [9.17, 15) is 14.7 Å². The fourth-order valence-corrected chi connectivity index (χ4v) is 4.45. The van der Waals surface area contributed by atoms with Crippen molar-refractivity contribution in [1.29, 1.82) is 0 Å². The number of rotatable bonds is 8. The van der Waals surface area contributed by atoms with Gasteiger partial charge >= 0.3 is 5.97 Å². The van der Waals surface area contributed by atoms with E-state index >= 15 is 0 Å². The number of hydrogen-bond acceptors (Lipinski definition) is 6. The molecule has 0 aromatic heterocycles. The van der Waals surface area contributed by atoms with Gasteiger partial charge in [0.2, 0.25) is 0 Å². The van der Waals surface area contributed by atoms with Crippen molar-refractivity contribution in [2.24, 2.45) is 0 Å². The van der Waals surface area contributed by atoms with Crippen molar-refractivity contribution in [3.8, 4) is 34.5 Å². The molecule has 0 spiro atoms. The second-order valence-electron chi connectivity index (χ2n) is 9.41. The van der Waals surface area contributed by atoms with Gasteiger partial charge in [-0.1, -0.05) is 60.7 Å². The van der Waals surface area contributed by atoms with Crippen LogP contribution in [0.25, 0.3) is 21.5 Å². The van der Waals surface area contributed by atoms with E-state index in [4.69, 9.17) is 18.9 Å². The van der Waals surface area contributed by atoms with Crippen molar-refractivity contribution in [3.05, 3.63) is 132 Å². The minimum Gasteiger partial charge on any atom is -0.497 e. The van der Waals surface area contributed by atoms with Crippen LogP contribution in [0, 0.1) is 0 Å². The number of aromatic carboxylic acids is 1. The van der Waals surface area contributed by atoms with Gasteiger partial charge in [0.05, 0.1) is 19.8 Å². The molecule has 0 fully saturated rings. The summed E-state index contributed by atoms with van der Waals surface area (Å²) in [4.78, 5) is 22.5. The van der Waals surface area contributed by atoms with Gasteiger partial charge in [-0.15, -0.1) is 0 Å². The molecule has 0 saturated carbocycles. The Morgan fingerprint density at radius 3 is 1.53 bits per heavy atom. The lowest BCUT2D eigenvalue weighted by molar-refractivity contribution is 0.0693. The molecule has 7 heteroatoms. The van der Waals surface area contributed by atoms with Crippen molar-refractivity contribution in [2.45, 2.75) is 0 Å². The molecule has 0 saturated heterocycles. The number of hydrogen-bond donors (Lipinski definition) is 1. The van der Waals surface area contributed by atoms with Gasteiger partial charge in [-0.05, 0) is 82.2 Å². The summed E-state index contributed by atoms with van der Waals surface area (Å²) in [5, 5.41) is 13.7. The van der Waals surface area contributed by atoms with E-state index in [1.165, 1.54) is 13.2 Å². The highest BCUT2D eigenvalue weighted by molar-refractivity contribution is 5.92. The fourth-order valence-electron chi connectivity index (χ4n) is 4.45. The van der Waals surface area contributed by atoms with Crippen LogP contribution in [0.3, 0.4) is 0 Å². The quantitative estimate of drug-likeness (QED) is 0.182. The van der Waals surface area contributed by atoms with Gasteiger partial charge < -0.3 is 24.1 Å². The van der Waals surface area contributed by atoms with E-state index in [0.29, 0.717) is 34.3 Å². The van der Waals surface area contributed by atoms with Gasteiger partial charge in [-0.3, -0.25) is 4.79 Å². The van der Waals surface area contributed by atoms with Crippen LogP contribution in [0.4, 0.5) is 0 Å². The van der Waals surface area contributed by atoms with Crippen LogP contribution < -0.4 is 18.9 Å². The Labute approximate surface area is 248 Å². The van der Waals surface area contributed by atoms with Crippen LogP contribution in [0.5, 0.6) is 34.5 Å². The molecule has 214 valence electrons. The van der Waals surface area contributed by atoms with E-state index in [0.717, 1.165) is 27.8 Å². The van der Waals surface area contributed by atoms with Crippen LogP contribution >= 0.6 is 0 Å². The predicted molar refractivity (Wildman–Crippen MR) is 166 cm³/mol. The zero-order valence-electron chi connectivity index (χ0n) is 23.5. The molecule has 0 unspecified atom stereocenters. The van der Waals surface area contributed by atoms with E-state index in [-0.39, 0.29) is 11.3 Å². The molecule has 6 rings (SSSR count). The summed E-state index contributed by atoms with van der Waals surface area (Å²) >= 11 is 0. The van der Waals surface area contributed by atoms with E-state index in [2.05, 4.69) is 0 Å². The summed E-state index contributed by atoms with van der Waals surface area (Å²) in [5.41, 5.74) is 0.523. The van der Waals surface area contributed by atoms with Crippen molar-refractivity contribution < 1.29 is 33.6 Å².